The van der Waals surface area contributed by atoms with Crippen molar-refractivity contribution in [1.29, 1.82) is 0 Å². The third-order valence-electron chi connectivity index (χ3n) is 2.77. The highest BCUT2D eigenvalue weighted by Crippen LogP contribution is 2.21. The molecule has 0 saturated heterocycles. The van der Waals surface area contributed by atoms with Crippen LogP contribution in [-0.4, -0.2) is 25.3 Å². The molecule has 0 N–H and O–H groups in total. The smallest absolute Gasteiger partial charge is 0.330 e. The van der Waals surface area contributed by atoms with Crippen LogP contribution in [0.15, 0.2) is 29.3 Å². The first kappa shape index (κ1) is 14.4. The van der Waals surface area contributed by atoms with Crippen molar-refractivity contribution in [3.63, 3.8) is 0 Å². The van der Waals surface area contributed by atoms with Gasteiger partial charge in [-0.2, -0.15) is 0 Å². The lowest BCUT2D eigenvalue weighted by atomic mass is 9.87. The minimum absolute atomic E-state index is 0.148. The monoisotopic (exact) mass is 247 g/mol. The maximum atomic E-state index is 11.2. The number of hydrogen-bond acceptors (Lipinski definition) is 3. The molecule has 0 amide bonds. The number of rotatable bonds is 3. The highest BCUT2D eigenvalue weighted by molar-refractivity contribution is 5.83. The molecule has 0 unspecified atom stereocenters. The van der Waals surface area contributed by atoms with Gasteiger partial charge in [0.25, 0.3) is 0 Å². The van der Waals surface area contributed by atoms with Gasteiger partial charge in [-0.1, -0.05) is 45.0 Å². The molecule has 0 saturated carbocycles. The summed E-state index contributed by atoms with van der Waals surface area (Å²) in [6.45, 7) is 8.24. The molecule has 1 aromatic rings. The second kappa shape index (κ2) is 5.80. The van der Waals surface area contributed by atoms with Crippen molar-refractivity contribution >= 4 is 12.2 Å². The zero-order valence-electron chi connectivity index (χ0n) is 11.7. The summed E-state index contributed by atoms with van der Waals surface area (Å²) in [6, 6.07) is 7.73. The van der Waals surface area contributed by atoms with E-state index in [1.54, 1.807) is 13.1 Å². The fraction of sp³-hybridized carbons (Fsp3) is 0.467. The predicted molar refractivity (Wildman–Crippen MR) is 74.2 cm³/mol. The number of nitrogens with zero attached hydrogens (tertiary/aromatic N) is 1. The van der Waals surface area contributed by atoms with E-state index in [1.807, 2.05) is 12.1 Å². The Kier molecular flexibility index (Phi) is 4.65. The molecule has 3 nitrogen and oxygen atoms in total. The summed E-state index contributed by atoms with van der Waals surface area (Å²) in [5.41, 5.74) is 2.41. The molecule has 98 valence electrons. The molecule has 0 bridgehead atoms. The molecule has 0 aliphatic rings. The van der Waals surface area contributed by atoms with Gasteiger partial charge >= 0.3 is 5.97 Å². The molecule has 0 spiro atoms. The van der Waals surface area contributed by atoms with Crippen LogP contribution in [0.25, 0.3) is 0 Å². The van der Waals surface area contributed by atoms with Gasteiger partial charge in [-0.05, 0) is 23.5 Å². The van der Waals surface area contributed by atoms with Gasteiger partial charge in [0.1, 0.15) is 6.04 Å². The summed E-state index contributed by atoms with van der Waals surface area (Å²) in [4.78, 5) is 15.3. The lowest BCUT2D eigenvalue weighted by Gasteiger charge is -2.18. The van der Waals surface area contributed by atoms with Gasteiger partial charge in [-0.15, -0.1) is 0 Å². The third-order valence-corrected chi connectivity index (χ3v) is 2.77. The van der Waals surface area contributed by atoms with Gasteiger partial charge in [-0.3, -0.25) is 4.99 Å². The number of carbonyl (C=O) groups is 1. The van der Waals surface area contributed by atoms with E-state index in [9.17, 15) is 4.79 Å². The Morgan fingerprint density at radius 2 is 1.83 bits per heavy atom. The molecule has 1 rings (SSSR count). The SMILES string of the molecule is COC(=O)[C@H](C)N=Cc1ccc(C(C)(C)C)cc1. The van der Waals surface area contributed by atoms with Crippen molar-refractivity contribution in [2.75, 3.05) is 7.11 Å². The Labute approximate surface area is 109 Å². The summed E-state index contributed by atoms with van der Waals surface area (Å²) in [7, 11) is 1.37. The average molecular weight is 247 g/mol. The number of benzene rings is 1. The standard InChI is InChI=1S/C15H21NO2/c1-11(14(17)18-5)16-10-12-6-8-13(9-7-12)15(2,3)4/h6-11H,1-5H3/t11-/m0/s1. The van der Waals surface area contributed by atoms with E-state index in [1.165, 1.54) is 12.7 Å². The number of carbonyl (C=O) groups excluding carboxylic acids is 1. The number of ether oxygens (including phenoxy) is 1. The lowest BCUT2D eigenvalue weighted by Crippen LogP contribution is -2.16. The van der Waals surface area contributed by atoms with Crippen LogP contribution in [-0.2, 0) is 14.9 Å². The van der Waals surface area contributed by atoms with Crippen LogP contribution in [0.5, 0.6) is 0 Å². The average Bonchev–Trinajstić information content (AvgIpc) is 2.34. The zero-order chi connectivity index (χ0) is 13.8. The van der Waals surface area contributed by atoms with Gasteiger partial charge in [0.2, 0.25) is 0 Å². The summed E-state index contributed by atoms with van der Waals surface area (Å²) >= 11 is 0. The Bertz CT molecular complexity index is 427. The van der Waals surface area contributed by atoms with E-state index in [-0.39, 0.29) is 11.4 Å². The van der Waals surface area contributed by atoms with Gasteiger partial charge in [0.15, 0.2) is 0 Å². The molecular weight excluding hydrogens is 226 g/mol. The highest BCUT2D eigenvalue weighted by atomic mass is 16.5. The van der Waals surface area contributed by atoms with Crippen molar-refractivity contribution in [2.24, 2.45) is 4.99 Å². The van der Waals surface area contributed by atoms with Crippen LogP contribution in [0.2, 0.25) is 0 Å². The van der Waals surface area contributed by atoms with Crippen molar-refractivity contribution in [2.45, 2.75) is 39.2 Å². The molecule has 0 aliphatic carbocycles. The van der Waals surface area contributed by atoms with Crippen LogP contribution in [0.3, 0.4) is 0 Å². The maximum Gasteiger partial charge on any atom is 0.330 e. The van der Waals surface area contributed by atoms with E-state index in [4.69, 9.17) is 0 Å². The number of methoxy groups -OCH3 is 1. The fourth-order valence-electron chi connectivity index (χ4n) is 1.50. The van der Waals surface area contributed by atoms with Gasteiger partial charge < -0.3 is 4.74 Å². The van der Waals surface area contributed by atoms with Crippen molar-refractivity contribution in [1.82, 2.24) is 0 Å². The van der Waals surface area contributed by atoms with E-state index in [0.717, 1.165) is 5.56 Å². The fourth-order valence-corrected chi connectivity index (χ4v) is 1.50. The number of esters is 1. The Morgan fingerprint density at radius 3 is 2.28 bits per heavy atom. The quantitative estimate of drug-likeness (QED) is 0.608. The topological polar surface area (TPSA) is 38.7 Å². The van der Waals surface area contributed by atoms with Gasteiger partial charge in [-0.25, -0.2) is 4.79 Å². The Hall–Kier alpha value is -1.64. The van der Waals surface area contributed by atoms with Crippen LogP contribution >= 0.6 is 0 Å². The van der Waals surface area contributed by atoms with Crippen molar-refractivity contribution < 1.29 is 9.53 Å². The molecule has 0 aromatic heterocycles. The molecule has 0 fully saturated rings. The summed E-state index contributed by atoms with van der Waals surface area (Å²) < 4.78 is 4.61. The van der Waals surface area contributed by atoms with E-state index in [0.29, 0.717) is 0 Å². The summed E-state index contributed by atoms with van der Waals surface area (Å²) in [5.74, 6) is -0.322. The molecule has 3 heteroatoms. The minimum Gasteiger partial charge on any atom is -0.467 e. The predicted octanol–water partition coefficient (Wildman–Crippen LogP) is 2.96. The van der Waals surface area contributed by atoms with Gasteiger partial charge in [0.05, 0.1) is 7.11 Å². The maximum absolute atomic E-state index is 11.2. The molecule has 1 aromatic carbocycles. The second-order valence-electron chi connectivity index (χ2n) is 5.35. The zero-order valence-corrected chi connectivity index (χ0v) is 11.7. The number of aliphatic imine (C=N–C) groups is 1. The van der Waals surface area contributed by atoms with Crippen molar-refractivity contribution in [3.8, 4) is 0 Å². The van der Waals surface area contributed by atoms with E-state index >= 15 is 0 Å². The van der Waals surface area contributed by atoms with Crippen LogP contribution in [0, 0.1) is 0 Å². The van der Waals surface area contributed by atoms with E-state index < -0.39 is 6.04 Å². The normalized spacial score (nSPS) is 13.6. The lowest BCUT2D eigenvalue weighted by molar-refractivity contribution is -0.141. The molecule has 1 atom stereocenters. The molecule has 0 heterocycles. The minimum atomic E-state index is -0.461. The van der Waals surface area contributed by atoms with Crippen LogP contribution in [0.4, 0.5) is 0 Å². The first-order chi connectivity index (χ1) is 8.34. The van der Waals surface area contributed by atoms with Crippen molar-refractivity contribution in [3.05, 3.63) is 35.4 Å². The second-order valence-corrected chi connectivity index (χ2v) is 5.35. The molecule has 0 radical (unpaired) electrons. The van der Waals surface area contributed by atoms with Crippen LogP contribution < -0.4 is 0 Å². The van der Waals surface area contributed by atoms with Gasteiger partial charge in [0, 0.05) is 6.21 Å². The highest BCUT2D eigenvalue weighted by Gasteiger charge is 2.13. The van der Waals surface area contributed by atoms with E-state index in [2.05, 4.69) is 42.6 Å². The first-order valence-electron chi connectivity index (χ1n) is 6.06. The molecule has 0 aliphatic heterocycles. The van der Waals surface area contributed by atoms with Crippen LogP contribution in [0.1, 0.15) is 38.8 Å². The number of hydrogen-bond donors (Lipinski definition) is 0. The third kappa shape index (κ3) is 3.99. The Balaban J connectivity index is 2.75. The summed E-state index contributed by atoms with van der Waals surface area (Å²) in [5, 5.41) is 0. The Morgan fingerprint density at radius 1 is 1.28 bits per heavy atom. The molecular formula is C15H21NO2. The summed E-state index contributed by atoms with van der Waals surface area (Å²) in [6.07, 6.45) is 1.70. The molecule has 18 heavy (non-hydrogen) atoms. The first-order valence-corrected chi connectivity index (χ1v) is 6.06. The largest absolute Gasteiger partial charge is 0.467 e.